The van der Waals surface area contributed by atoms with Crippen LogP contribution in [0.3, 0.4) is 0 Å². The molecule has 0 heterocycles. The molecule has 112 valence electrons. The third-order valence-electron chi connectivity index (χ3n) is 3.69. The van der Waals surface area contributed by atoms with Crippen LogP contribution in [0.25, 0.3) is 0 Å². The van der Waals surface area contributed by atoms with Crippen molar-refractivity contribution in [3.8, 4) is 5.75 Å². The van der Waals surface area contributed by atoms with Gasteiger partial charge in [0.05, 0.1) is 13.2 Å². The molecule has 1 unspecified atom stereocenters. The average Bonchev–Trinajstić information content (AvgIpc) is 2.47. The molecule has 1 N–H and O–H groups in total. The molecule has 0 aromatic heterocycles. The van der Waals surface area contributed by atoms with Crippen molar-refractivity contribution in [2.45, 2.75) is 20.0 Å². The third kappa shape index (κ3) is 3.76. The van der Waals surface area contributed by atoms with Crippen LogP contribution >= 0.6 is 0 Å². The molecule has 0 bridgehead atoms. The van der Waals surface area contributed by atoms with Gasteiger partial charge in [-0.2, -0.15) is 0 Å². The molecule has 0 amide bonds. The summed E-state index contributed by atoms with van der Waals surface area (Å²) in [7, 11) is 3.63. The Morgan fingerprint density at radius 2 is 1.90 bits per heavy atom. The van der Waals surface area contributed by atoms with E-state index in [1.807, 2.05) is 31.3 Å². The van der Waals surface area contributed by atoms with Gasteiger partial charge < -0.3 is 14.7 Å². The number of likely N-dealkylation sites (N-methyl/N-ethyl adjacent to an activating group) is 1. The number of aliphatic hydroxyl groups is 1. The zero-order chi connectivity index (χ0) is 15.4. The lowest BCUT2D eigenvalue weighted by Crippen LogP contribution is -2.24. The van der Waals surface area contributed by atoms with Gasteiger partial charge in [-0.1, -0.05) is 29.8 Å². The van der Waals surface area contributed by atoms with Crippen LogP contribution in [0.4, 0.5) is 5.69 Å². The summed E-state index contributed by atoms with van der Waals surface area (Å²) >= 11 is 0. The molecule has 21 heavy (non-hydrogen) atoms. The molecule has 1 atom stereocenters. The molecule has 0 radical (unpaired) electrons. The van der Waals surface area contributed by atoms with E-state index in [9.17, 15) is 5.11 Å². The summed E-state index contributed by atoms with van der Waals surface area (Å²) in [5.74, 6) is 0.765. The van der Waals surface area contributed by atoms with Crippen LogP contribution in [0.2, 0.25) is 0 Å². The van der Waals surface area contributed by atoms with Gasteiger partial charge in [0.2, 0.25) is 0 Å². The third-order valence-corrected chi connectivity index (χ3v) is 3.69. The van der Waals surface area contributed by atoms with E-state index in [4.69, 9.17) is 4.74 Å². The van der Waals surface area contributed by atoms with E-state index < -0.39 is 6.10 Å². The van der Waals surface area contributed by atoms with Crippen molar-refractivity contribution in [2.75, 3.05) is 25.6 Å². The van der Waals surface area contributed by atoms with E-state index in [0.717, 1.165) is 17.0 Å². The topological polar surface area (TPSA) is 32.7 Å². The average molecular weight is 285 g/mol. The molecular formula is C18H23NO2. The molecule has 0 saturated heterocycles. The van der Waals surface area contributed by atoms with E-state index in [2.05, 4.69) is 36.9 Å². The Bertz CT molecular complexity index is 610. The number of aryl methyl sites for hydroxylation is 2. The van der Waals surface area contributed by atoms with E-state index in [1.165, 1.54) is 11.1 Å². The largest absolute Gasteiger partial charge is 0.497 e. The minimum Gasteiger partial charge on any atom is -0.497 e. The van der Waals surface area contributed by atoms with E-state index >= 15 is 0 Å². The lowest BCUT2D eigenvalue weighted by molar-refractivity contribution is 0.184. The fourth-order valence-electron chi connectivity index (χ4n) is 2.55. The summed E-state index contributed by atoms with van der Waals surface area (Å²) < 4.78 is 5.20. The number of methoxy groups -OCH3 is 1. The Labute approximate surface area is 126 Å². The van der Waals surface area contributed by atoms with Gasteiger partial charge in [-0.25, -0.2) is 0 Å². The monoisotopic (exact) mass is 285 g/mol. The van der Waals surface area contributed by atoms with Crippen molar-refractivity contribution in [1.82, 2.24) is 0 Å². The Hall–Kier alpha value is -2.00. The molecular weight excluding hydrogens is 262 g/mol. The van der Waals surface area contributed by atoms with Crippen molar-refractivity contribution < 1.29 is 9.84 Å². The molecule has 2 aromatic carbocycles. The number of benzene rings is 2. The maximum absolute atomic E-state index is 10.4. The number of anilines is 1. The molecule has 3 nitrogen and oxygen atoms in total. The first-order valence-electron chi connectivity index (χ1n) is 7.11. The van der Waals surface area contributed by atoms with Gasteiger partial charge in [0.1, 0.15) is 5.75 Å². The van der Waals surface area contributed by atoms with Crippen LogP contribution in [0.1, 0.15) is 22.8 Å². The lowest BCUT2D eigenvalue weighted by atomic mass is 10.1. The van der Waals surface area contributed by atoms with Crippen LogP contribution in [-0.4, -0.2) is 25.8 Å². The molecule has 3 heteroatoms. The van der Waals surface area contributed by atoms with Gasteiger partial charge in [0.25, 0.3) is 0 Å². The number of hydrogen-bond acceptors (Lipinski definition) is 3. The summed E-state index contributed by atoms with van der Waals surface area (Å²) in [5.41, 5.74) is 4.47. The predicted molar refractivity (Wildman–Crippen MR) is 87.1 cm³/mol. The standard InChI is InChI=1S/C18H23NO2/c1-13-8-9-17(14(2)10-13)19(3)12-18(20)15-6-5-7-16(11-15)21-4/h5-11,18,20H,12H2,1-4H3. The number of aliphatic hydroxyl groups excluding tert-OH is 1. The molecule has 2 aromatic rings. The van der Waals surface area contributed by atoms with Crippen LogP contribution in [0.5, 0.6) is 5.75 Å². The van der Waals surface area contributed by atoms with Crippen LogP contribution in [0.15, 0.2) is 42.5 Å². The van der Waals surface area contributed by atoms with Crippen molar-refractivity contribution >= 4 is 5.69 Å². The second kappa shape index (κ2) is 6.64. The van der Waals surface area contributed by atoms with Crippen molar-refractivity contribution in [2.24, 2.45) is 0 Å². The first-order valence-corrected chi connectivity index (χ1v) is 7.11. The molecule has 0 aliphatic rings. The molecule has 2 rings (SSSR count). The normalized spacial score (nSPS) is 12.0. The minimum absolute atomic E-state index is 0.539. The SMILES string of the molecule is COc1cccc(C(O)CN(C)c2ccc(C)cc2C)c1. The summed E-state index contributed by atoms with van der Waals surface area (Å²) in [4.78, 5) is 2.08. The fourth-order valence-corrected chi connectivity index (χ4v) is 2.55. The van der Waals surface area contributed by atoms with Crippen molar-refractivity contribution in [3.63, 3.8) is 0 Å². The van der Waals surface area contributed by atoms with Crippen LogP contribution < -0.4 is 9.64 Å². The summed E-state index contributed by atoms with van der Waals surface area (Å²) in [6, 6.07) is 13.9. The Morgan fingerprint density at radius 3 is 2.57 bits per heavy atom. The molecule has 0 aliphatic heterocycles. The van der Waals surface area contributed by atoms with Gasteiger partial charge in [0, 0.05) is 19.3 Å². The number of hydrogen-bond donors (Lipinski definition) is 1. The molecule has 0 aliphatic carbocycles. The summed E-state index contributed by atoms with van der Waals surface area (Å²) in [6.45, 7) is 4.72. The molecule has 0 spiro atoms. The second-order valence-electron chi connectivity index (χ2n) is 5.46. The van der Waals surface area contributed by atoms with Gasteiger partial charge in [-0.15, -0.1) is 0 Å². The Balaban J connectivity index is 2.12. The quantitative estimate of drug-likeness (QED) is 0.913. The van der Waals surface area contributed by atoms with Gasteiger partial charge in [0.15, 0.2) is 0 Å². The van der Waals surface area contributed by atoms with Gasteiger partial charge >= 0.3 is 0 Å². The maximum Gasteiger partial charge on any atom is 0.119 e. The molecule has 0 fully saturated rings. The zero-order valence-corrected chi connectivity index (χ0v) is 13.1. The van der Waals surface area contributed by atoms with Crippen LogP contribution in [0, 0.1) is 13.8 Å². The highest BCUT2D eigenvalue weighted by Crippen LogP contribution is 2.24. The van der Waals surface area contributed by atoms with E-state index in [0.29, 0.717) is 6.54 Å². The van der Waals surface area contributed by atoms with E-state index in [1.54, 1.807) is 7.11 Å². The summed E-state index contributed by atoms with van der Waals surface area (Å²) in [6.07, 6.45) is -0.550. The Morgan fingerprint density at radius 1 is 1.14 bits per heavy atom. The molecule has 0 saturated carbocycles. The smallest absolute Gasteiger partial charge is 0.119 e. The fraction of sp³-hybridized carbons (Fsp3) is 0.333. The minimum atomic E-state index is -0.550. The van der Waals surface area contributed by atoms with Crippen molar-refractivity contribution in [1.29, 1.82) is 0 Å². The highest BCUT2D eigenvalue weighted by atomic mass is 16.5. The van der Waals surface area contributed by atoms with Gasteiger partial charge in [-0.05, 0) is 43.2 Å². The number of nitrogens with zero attached hydrogens (tertiary/aromatic N) is 1. The highest BCUT2D eigenvalue weighted by Gasteiger charge is 2.13. The lowest BCUT2D eigenvalue weighted by Gasteiger charge is -2.25. The van der Waals surface area contributed by atoms with Crippen LogP contribution in [-0.2, 0) is 0 Å². The first-order chi connectivity index (χ1) is 10.0. The van der Waals surface area contributed by atoms with E-state index in [-0.39, 0.29) is 0 Å². The highest BCUT2D eigenvalue weighted by molar-refractivity contribution is 5.54. The zero-order valence-electron chi connectivity index (χ0n) is 13.1. The maximum atomic E-state index is 10.4. The number of ether oxygens (including phenoxy) is 1. The second-order valence-corrected chi connectivity index (χ2v) is 5.46. The first kappa shape index (κ1) is 15.4. The predicted octanol–water partition coefficient (Wildman–Crippen LogP) is 3.48. The number of rotatable bonds is 5. The van der Waals surface area contributed by atoms with Crippen molar-refractivity contribution in [3.05, 3.63) is 59.2 Å². The Kier molecular flexibility index (Phi) is 4.86. The summed E-state index contributed by atoms with van der Waals surface area (Å²) in [5, 5.41) is 10.4. The van der Waals surface area contributed by atoms with Gasteiger partial charge in [-0.3, -0.25) is 0 Å².